The number of benzene rings is 2. The Hall–Kier alpha value is -3.04. The number of hydrogen-bond donors (Lipinski definition) is 1. The molecule has 32 heavy (non-hydrogen) atoms. The lowest BCUT2D eigenvalue weighted by Gasteiger charge is -2.13. The van der Waals surface area contributed by atoms with Crippen molar-refractivity contribution in [1.29, 1.82) is 0 Å². The predicted octanol–water partition coefficient (Wildman–Crippen LogP) is 4.17. The summed E-state index contributed by atoms with van der Waals surface area (Å²) in [5.41, 5.74) is 4.14. The van der Waals surface area contributed by atoms with Crippen LogP contribution in [0.5, 0.6) is 11.5 Å². The number of hydrogen-bond acceptors (Lipinski definition) is 7. The maximum Gasteiger partial charge on any atom is 0.250 e. The van der Waals surface area contributed by atoms with Gasteiger partial charge in [0.15, 0.2) is 22.5 Å². The first kappa shape index (κ1) is 23.6. The van der Waals surface area contributed by atoms with Gasteiger partial charge in [-0.3, -0.25) is 4.79 Å². The van der Waals surface area contributed by atoms with E-state index in [1.807, 2.05) is 55.8 Å². The first-order valence-electron chi connectivity index (χ1n) is 9.82. The van der Waals surface area contributed by atoms with Crippen LogP contribution in [0.3, 0.4) is 0 Å². The zero-order valence-electron chi connectivity index (χ0n) is 18.2. The van der Waals surface area contributed by atoms with Crippen LogP contribution in [0.4, 0.5) is 0 Å². The van der Waals surface area contributed by atoms with Crippen molar-refractivity contribution in [3.8, 4) is 22.9 Å². The monoisotopic (exact) mass is 473 g/mol. The fourth-order valence-electron chi connectivity index (χ4n) is 2.78. The predicted molar refractivity (Wildman–Crippen MR) is 127 cm³/mol. The highest BCUT2D eigenvalue weighted by atomic mass is 35.5. The van der Waals surface area contributed by atoms with Gasteiger partial charge in [-0.1, -0.05) is 35.5 Å². The van der Waals surface area contributed by atoms with Crippen molar-refractivity contribution >= 4 is 35.5 Å². The standard InChI is InChI=1S/C22H24ClN5O3S/c1-14(2)31-18-9-8-15(10-19(18)30-4)12-24-25-20(29)13-32-22-27-26-21(28(22)3)16-6-5-7-17(23)11-16/h5-12,14H,13H2,1-4H3,(H,25,29)/b24-12-. The smallest absolute Gasteiger partial charge is 0.250 e. The van der Waals surface area contributed by atoms with Crippen molar-refractivity contribution in [2.45, 2.75) is 25.1 Å². The first-order valence-corrected chi connectivity index (χ1v) is 11.2. The molecule has 0 bridgehead atoms. The van der Waals surface area contributed by atoms with Crippen molar-refractivity contribution in [3.63, 3.8) is 0 Å². The summed E-state index contributed by atoms with van der Waals surface area (Å²) in [4.78, 5) is 12.2. The molecule has 1 aromatic heterocycles. The number of halogens is 1. The number of aromatic nitrogens is 3. The Morgan fingerprint density at radius 3 is 2.78 bits per heavy atom. The number of ether oxygens (including phenoxy) is 2. The Morgan fingerprint density at radius 2 is 2.06 bits per heavy atom. The third-order valence-corrected chi connectivity index (χ3v) is 5.46. The van der Waals surface area contributed by atoms with Crippen molar-refractivity contribution < 1.29 is 14.3 Å². The van der Waals surface area contributed by atoms with Crippen LogP contribution in [0, 0.1) is 0 Å². The number of methoxy groups -OCH3 is 1. The molecule has 0 aliphatic heterocycles. The van der Waals surface area contributed by atoms with Gasteiger partial charge in [0, 0.05) is 17.6 Å². The summed E-state index contributed by atoms with van der Waals surface area (Å²) in [5, 5.41) is 13.6. The Bertz CT molecular complexity index is 1120. The maximum absolute atomic E-state index is 12.2. The molecule has 0 unspecified atom stereocenters. The molecule has 0 fully saturated rings. The van der Waals surface area contributed by atoms with Crippen LogP contribution in [0.15, 0.2) is 52.7 Å². The molecule has 1 amide bonds. The third-order valence-electron chi connectivity index (χ3n) is 4.20. The molecule has 1 heterocycles. The van der Waals surface area contributed by atoms with Crippen LogP contribution in [0.1, 0.15) is 19.4 Å². The van der Waals surface area contributed by atoms with Crippen molar-refractivity contribution in [2.24, 2.45) is 12.1 Å². The van der Waals surface area contributed by atoms with Gasteiger partial charge in [-0.05, 0) is 49.7 Å². The molecule has 0 saturated carbocycles. The maximum atomic E-state index is 12.2. The SMILES string of the molecule is COc1cc(/C=N\NC(=O)CSc2nnc(-c3cccc(Cl)c3)n2C)ccc1OC(C)C. The second kappa shape index (κ2) is 11.0. The van der Waals surface area contributed by atoms with Crippen LogP contribution < -0.4 is 14.9 Å². The minimum atomic E-state index is -0.259. The first-order chi connectivity index (χ1) is 15.4. The summed E-state index contributed by atoms with van der Waals surface area (Å²) >= 11 is 7.32. The van der Waals surface area contributed by atoms with Gasteiger partial charge in [0.25, 0.3) is 5.91 Å². The minimum Gasteiger partial charge on any atom is -0.493 e. The van der Waals surface area contributed by atoms with Gasteiger partial charge in [-0.2, -0.15) is 5.10 Å². The quantitative estimate of drug-likeness (QED) is 0.285. The van der Waals surface area contributed by atoms with Gasteiger partial charge in [0.2, 0.25) is 0 Å². The number of thioether (sulfide) groups is 1. The Morgan fingerprint density at radius 1 is 1.25 bits per heavy atom. The van der Waals surface area contributed by atoms with E-state index < -0.39 is 0 Å². The third kappa shape index (κ3) is 6.24. The highest BCUT2D eigenvalue weighted by Crippen LogP contribution is 2.28. The normalized spacial score (nSPS) is 11.2. The van der Waals surface area contributed by atoms with E-state index in [0.717, 1.165) is 11.1 Å². The highest BCUT2D eigenvalue weighted by Gasteiger charge is 2.13. The summed E-state index contributed by atoms with van der Waals surface area (Å²) in [7, 11) is 3.42. The van der Waals surface area contributed by atoms with Crippen molar-refractivity contribution in [2.75, 3.05) is 12.9 Å². The van der Waals surface area contributed by atoms with Gasteiger partial charge in [-0.15, -0.1) is 10.2 Å². The number of carbonyl (C=O) groups excluding carboxylic acids is 1. The molecule has 3 rings (SSSR count). The fraction of sp³-hybridized carbons (Fsp3) is 0.273. The van der Waals surface area contributed by atoms with Crippen LogP contribution in [-0.2, 0) is 11.8 Å². The van der Waals surface area contributed by atoms with Gasteiger partial charge in [0.1, 0.15) is 0 Å². The summed E-state index contributed by atoms with van der Waals surface area (Å²) in [5.74, 6) is 1.81. The van der Waals surface area contributed by atoms with Crippen molar-refractivity contribution in [1.82, 2.24) is 20.2 Å². The highest BCUT2D eigenvalue weighted by molar-refractivity contribution is 7.99. The van der Waals surface area contributed by atoms with Crippen LogP contribution in [-0.4, -0.2) is 45.9 Å². The Balaban J connectivity index is 1.55. The average Bonchev–Trinajstić information content (AvgIpc) is 3.13. The molecular formula is C22H24ClN5O3S. The number of amides is 1. The van der Waals surface area contributed by atoms with Crippen LogP contribution >= 0.6 is 23.4 Å². The molecule has 0 aliphatic rings. The molecule has 0 aliphatic carbocycles. The molecular weight excluding hydrogens is 450 g/mol. The summed E-state index contributed by atoms with van der Waals surface area (Å²) in [6.07, 6.45) is 1.58. The molecule has 10 heteroatoms. The lowest BCUT2D eigenvalue weighted by molar-refractivity contribution is -0.118. The summed E-state index contributed by atoms with van der Waals surface area (Å²) in [6.45, 7) is 3.89. The summed E-state index contributed by atoms with van der Waals surface area (Å²) < 4.78 is 12.9. The van der Waals surface area contributed by atoms with Gasteiger partial charge in [0.05, 0.1) is 25.2 Å². The fourth-order valence-corrected chi connectivity index (χ4v) is 3.67. The topological polar surface area (TPSA) is 90.6 Å². The van der Waals surface area contributed by atoms with E-state index >= 15 is 0 Å². The molecule has 0 spiro atoms. The molecule has 0 radical (unpaired) electrons. The van der Waals surface area contributed by atoms with E-state index in [1.165, 1.54) is 11.8 Å². The van der Waals surface area contributed by atoms with E-state index in [1.54, 1.807) is 25.5 Å². The van der Waals surface area contributed by atoms with Gasteiger partial charge < -0.3 is 14.0 Å². The summed E-state index contributed by atoms with van der Waals surface area (Å²) in [6, 6.07) is 12.8. The second-order valence-corrected chi connectivity index (χ2v) is 8.41. The Kier molecular flexibility index (Phi) is 8.13. The number of nitrogens with one attached hydrogen (secondary N) is 1. The number of carbonyl (C=O) groups is 1. The van der Waals surface area contributed by atoms with E-state index in [9.17, 15) is 4.79 Å². The number of nitrogens with zero attached hydrogens (tertiary/aromatic N) is 4. The Labute approximate surface area is 196 Å². The van der Waals surface area contributed by atoms with E-state index in [0.29, 0.717) is 27.5 Å². The zero-order valence-corrected chi connectivity index (χ0v) is 19.8. The molecule has 8 nitrogen and oxygen atoms in total. The van der Waals surface area contributed by atoms with Crippen LogP contribution in [0.25, 0.3) is 11.4 Å². The molecule has 3 aromatic rings. The minimum absolute atomic E-state index is 0.0377. The van der Waals surface area contributed by atoms with Gasteiger partial charge in [-0.25, -0.2) is 5.43 Å². The van der Waals surface area contributed by atoms with E-state index in [-0.39, 0.29) is 17.8 Å². The van der Waals surface area contributed by atoms with E-state index in [2.05, 4.69) is 20.7 Å². The molecule has 1 N–H and O–H groups in total. The number of hydrazone groups is 1. The zero-order chi connectivity index (χ0) is 23.1. The lowest BCUT2D eigenvalue weighted by atomic mass is 10.2. The molecule has 0 atom stereocenters. The van der Waals surface area contributed by atoms with Gasteiger partial charge >= 0.3 is 0 Å². The molecule has 168 valence electrons. The van der Waals surface area contributed by atoms with E-state index in [4.69, 9.17) is 21.1 Å². The lowest BCUT2D eigenvalue weighted by Crippen LogP contribution is -2.19. The average molecular weight is 474 g/mol. The second-order valence-electron chi connectivity index (χ2n) is 7.03. The number of rotatable bonds is 9. The van der Waals surface area contributed by atoms with Crippen LogP contribution in [0.2, 0.25) is 5.02 Å². The van der Waals surface area contributed by atoms with Crippen molar-refractivity contribution in [3.05, 3.63) is 53.1 Å². The largest absolute Gasteiger partial charge is 0.493 e. The molecule has 0 saturated heterocycles. The molecule has 2 aromatic carbocycles.